The molecule has 258 valence electrons. The fourth-order valence-electron chi connectivity index (χ4n) is 7.32. The minimum Gasteiger partial charge on any atom is -0.481 e. The van der Waals surface area contributed by atoms with Crippen LogP contribution in [0.3, 0.4) is 0 Å². The predicted octanol–water partition coefficient (Wildman–Crippen LogP) is 6.55. The average Bonchev–Trinajstić information content (AvgIpc) is 3.88. The first-order valence-electron chi connectivity index (χ1n) is 17.5. The van der Waals surface area contributed by atoms with E-state index in [9.17, 15) is 19.5 Å². The molecule has 3 aromatic rings. The number of aliphatic carboxylic acids is 1. The summed E-state index contributed by atoms with van der Waals surface area (Å²) in [5.74, 6) is -0.946. The number of carboxylic acid groups (broad SMARTS) is 1. The standard InChI is InChI=1S/C39H51FN4O4/c1-25-17-31(28-12-13-28)19-29-11-9-7-6-8-10-15-39(24-45,44-22-30(14-16-43(4)5)27(3)42-38(44)48)23-41-34(21-35(46)47)33-20-32(36(25)29)18-26(2)37(33)40/h17-20,22,24,28,34,41H,6-16,21,23H2,1-5H3,(H,46,47)/t34-,39-/m0/s1. The number of benzene rings is 2. The van der Waals surface area contributed by atoms with E-state index in [1.54, 1.807) is 26.1 Å². The molecule has 1 fully saturated rings. The number of carboxylic acids is 1. The van der Waals surface area contributed by atoms with Crippen molar-refractivity contribution in [3.63, 3.8) is 0 Å². The van der Waals surface area contributed by atoms with Gasteiger partial charge in [0.1, 0.15) is 17.6 Å². The lowest BCUT2D eigenvalue weighted by atomic mass is 9.86. The largest absolute Gasteiger partial charge is 0.481 e. The molecule has 2 atom stereocenters. The third-order valence-electron chi connectivity index (χ3n) is 10.3. The van der Waals surface area contributed by atoms with Gasteiger partial charge >= 0.3 is 11.7 Å². The quantitative estimate of drug-likeness (QED) is 0.265. The Morgan fingerprint density at radius 2 is 1.81 bits per heavy atom. The van der Waals surface area contributed by atoms with Gasteiger partial charge in [-0.25, -0.2) is 9.18 Å². The molecule has 5 rings (SSSR count). The molecule has 2 aromatic carbocycles. The fraction of sp³-hybridized carbons (Fsp3) is 0.538. The maximum absolute atomic E-state index is 16.1. The summed E-state index contributed by atoms with van der Waals surface area (Å²) < 4.78 is 17.5. The van der Waals surface area contributed by atoms with E-state index in [4.69, 9.17) is 0 Å². The van der Waals surface area contributed by atoms with Crippen molar-refractivity contribution < 1.29 is 19.1 Å². The number of aromatic nitrogens is 2. The number of hydrogen-bond acceptors (Lipinski definition) is 6. The zero-order chi connectivity index (χ0) is 34.6. The minimum atomic E-state index is -1.33. The van der Waals surface area contributed by atoms with E-state index in [-0.39, 0.29) is 12.1 Å². The van der Waals surface area contributed by atoms with Gasteiger partial charge in [0, 0.05) is 36.6 Å². The molecule has 0 spiro atoms. The van der Waals surface area contributed by atoms with Gasteiger partial charge < -0.3 is 20.1 Å². The second kappa shape index (κ2) is 15.2. The highest BCUT2D eigenvalue weighted by molar-refractivity contribution is 5.74. The van der Waals surface area contributed by atoms with Gasteiger partial charge in [-0.3, -0.25) is 9.36 Å². The number of likely N-dealkylation sites (N-methyl/N-ethyl adjacent to an activating group) is 1. The van der Waals surface area contributed by atoms with Gasteiger partial charge in [0.25, 0.3) is 0 Å². The molecule has 0 unspecified atom stereocenters. The summed E-state index contributed by atoms with van der Waals surface area (Å²) in [5.41, 5.74) is 6.06. The highest BCUT2D eigenvalue weighted by Crippen LogP contribution is 2.43. The summed E-state index contributed by atoms with van der Waals surface area (Å²) in [4.78, 5) is 45.3. The molecule has 0 amide bonds. The van der Waals surface area contributed by atoms with Crippen LogP contribution >= 0.6 is 0 Å². The second-order valence-corrected chi connectivity index (χ2v) is 14.4. The Kier molecular flexibility index (Phi) is 11.3. The van der Waals surface area contributed by atoms with Crippen LogP contribution in [0.15, 0.2) is 35.3 Å². The van der Waals surface area contributed by atoms with Crippen LogP contribution in [0.4, 0.5) is 4.39 Å². The number of nitrogens with one attached hydrogen (secondary N) is 1. The van der Waals surface area contributed by atoms with Crippen molar-refractivity contribution in [2.24, 2.45) is 0 Å². The summed E-state index contributed by atoms with van der Waals surface area (Å²) in [5, 5.41) is 13.3. The van der Waals surface area contributed by atoms with Crippen LogP contribution in [0.25, 0.3) is 11.1 Å². The molecule has 0 radical (unpaired) electrons. The predicted molar refractivity (Wildman–Crippen MR) is 187 cm³/mol. The molecule has 1 aromatic heterocycles. The van der Waals surface area contributed by atoms with Gasteiger partial charge in [-0.1, -0.05) is 37.8 Å². The van der Waals surface area contributed by atoms with Crippen LogP contribution in [0.5, 0.6) is 0 Å². The number of halogens is 1. The number of rotatable bonds is 8. The van der Waals surface area contributed by atoms with Crippen molar-refractivity contribution >= 4 is 12.3 Å². The number of aldehydes is 1. The van der Waals surface area contributed by atoms with Crippen LogP contribution in [-0.2, 0) is 28.0 Å². The van der Waals surface area contributed by atoms with Crippen molar-refractivity contribution in [3.05, 3.63) is 85.8 Å². The van der Waals surface area contributed by atoms with Crippen LogP contribution < -0.4 is 11.0 Å². The lowest BCUT2D eigenvalue weighted by Crippen LogP contribution is -2.51. The molecule has 0 saturated heterocycles. The molecule has 2 heterocycles. The summed E-state index contributed by atoms with van der Waals surface area (Å²) in [6.07, 6.45) is 11.1. The van der Waals surface area contributed by atoms with E-state index in [1.807, 2.05) is 25.1 Å². The Labute approximate surface area is 283 Å². The molecule has 48 heavy (non-hydrogen) atoms. The summed E-state index contributed by atoms with van der Waals surface area (Å²) in [6, 6.07) is 7.32. The topological polar surface area (TPSA) is 105 Å². The number of nitrogens with zero attached hydrogens (tertiary/aromatic N) is 3. The highest BCUT2D eigenvalue weighted by atomic mass is 19.1. The van der Waals surface area contributed by atoms with E-state index in [2.05, 4.69) is 29.4 Å². The van der Waals surface area contributed by atoms with Crippen molar-refractivity contribution in [1.82, 2.24) is 19.8 Å². The third-order valence-corrected chi connectivity index (χ3v) is 10.3. The Hall–Kier alpha value is -3.69. The van der Waals surface area contributed by atoms with E-state index >= 15 is 4.39 Å². The van der Waals surface area contributed by atoms with Crippen molar-refractivity contribution in [2.75, 3.05) is 27.2 Å². The first kappa shape index (κ1) is 35.6. The van der Waals surface area contributed by atoms with E-state index in [1.165, 1.54) is 28.5 Å². The SMILES string of the molecule is Cc1cc2cc(c1F)[C@H](CC(=O)O)NC[C@@](C=O)(n1cc(CCN(C)C)c(C)nc1=O)CCCCCCCc1cc(C3CC3)cc(C)c1-2. The van der Waals surface area contributed by atoms with Crippen LogP contribution in [-0.4, -0.2) is 59.0 Å². The zero-order valence-electron chi connectivity index (χ0n) is 29.2. The Morgan fingerprint density at radius 1 is 1.08 bits per heavy atom. The Morgan fingerprint density at radius 3 is 2.50 bits per heavy atom. The van der Waals surface area contributed by atoms with Crippen molar-refractivity contribution in [3.8, 4) is 11.1 Å². The van der Waals surface area contributed by atoms with E-state index in [0.717, 1.165) is 67.2 Å². The normalized spacial score (nSPS) is 20.8. The van der Waals surface area contributed by atoms with Gasteiger partial charge in [-0.15, -0.1) is 0 Å². The average molecular weight is 659 g/mol. The van der Waals surface area contributed by atoms with Gasteiger partial charge in [-0.05, 0) is 130 Å². The summed E-state index contributed by atoms with van der Waals surface area (Å²) in [7, 11) is 3.95. The molecule has 1 aliphatic carbocycles. The molecule has 9 heteroatoms. The molecule has 1 saturated carbocycles. The van der Waals surface area contributed by atoms with Gasteiger partial charge in [0.05, 0.1) is 6.42 Å². The van der Waals surface area contributed by atoms with Crippen LogP contribution in [0.1, 0.15) is 109 Å². The second-order valence-electron chi connectivity index (χ2n) is 14.4. The maximum Gasteiger partial charge on any atom is 0.348 e. The minimum absolute atomic E-state index is 0.0463. The Balaban J connectivity index is 1.62. The number of carbonyl (C=O) groups is 2. The lowest BCUT2D eigenvalue weighted by molar-refractivity contribution is -0.137. The molecule has 2 aliphatic rings. The molecule has 1 aliphatic heterocycles. The van der Waals surface area contributed by atoms with Gasteiger partial charge in [0.15, 0.2) is 0 Å². The fourth-order valence-corrected chi connectivity index (χ4v) is 7.32. The first-order chi connectivity index (χ1) is 22.9. The molecule has 8 nitrogen and oxygen atoms in total. The molecular formula is C39H51FN4O4. The monoisotopic (exact) mass is 658 g/mol. The number of carbonyl (C=O) groups excluding carboxylic acids is 1. The first-order valence-corrected chi connectivity index (χ1v) is 17.5. The third kappa shape index (κ3) is 8.12. The molecular weight excluding hydrogens is 607 g/mol. The van der Waals surface area contributed by atoms with Crippen molar-refractivity contribution in [1.29, 1.82) is 0 Å². The number of fused-ring (bicyclic) bond motifs is 4. The Bertz CT molecular complexity index is 1710. The van der Waals surface area contributed by atoms with E-state index in [0.29, 0.717) is 36.4 Å². The highest BCUT2D eigenvalue weighted by Gasteiger charge is 2.35. The number of hydrogen-bond donors (Lipinski definition) is 2. The number of aryl methyl sites for hydroxylation is 4. The van der Waals surface area contributed by atoms with Crippen LogP contribution in [0.2, 0.25) is 0 Å². The molecule has 2 N–H and O–H groups in total. The summed E-state index contributed by atoms with van der Waals surface area (Å²) in [6.45, 7) is 6.33. The lowest BCUT2D eigenvalue weighted by Gasteiger charge is -2.33. The van der Waals surface area contributed by atoms with Gasteiger partial charge in [0.2, 0.25) is 0 Å². The zero-order valence-corrected chi connectivity index (χ0v) is 29.2. The maximum atomic E-state index is 16.1. The summed E-state index contributed by atoms with van der Waals surface area (Å²) >= 11 is 0. The van der Waals surface area contributed by atoms with Crippen LogP contribution in [0, 0.1) is 26.6 Å². The van der Waals surface area contributed by atoms with E-state index < -0.39 is 35.5 Å². The molecule has 2 bridgehead atoms. The smallest absolute Gasteiger partial charge is 0.348 e. The van der Waals surface area contributed by atoms with Crippen molar-refractivity contribution in [2.45, 2.75) is 109 Å². The van der Waals surface area contributed by atoms with Gasteiger partial charge in [-0.2, -0.15) is 4.98 Å².